The molecule has 0 aromatic heterocycles. The third-order valence-electron chi connectivity index (χ3n) is 4.58. The number of rotatable bonds is 3. The summed E-state index contributed by atoms with van der Waals surface area (Å²) in [6.45, 7) is 1.00. The molecule has 0 saturated heterocycles. The van der Waals surface area contributed by atoms with E-state index in [0.29, 0.717) is 0 Å². The summed E-state index contributed by atoms with van der Waals surface area (Å²) in [6.07, 6.45) is 5.91. The summed E-state index contributed by atoms with van der Waals surface area (Å²) in [6, 6.07) is 5.84. The zero-order valence-electron chi connectivity index (χ0n) is 11.7. The van der Waals surface area contributed by atoms with Crippen LogP contribution in [0, 0.1) is 0 Å². The molecule has 20 heavy (non-hydrogen) atoms. The number of hydrogen-bond donors (Lipinski definition) is 3. The van der Waals surface area contributed by atoms with Crippen LogP contribution in [0.4, 0.5) is 5.69 Å². The van der Waals surface area contributed by atoms with Crippen molar-refractivity contribution in [2.45, 2.75) is 44.1 Å². The van der Waals surface area contributed by atoms with E-state index in [1.165, 1.54) is 0 Å². The summed E-state index contributed by atoms with van der Waals surface area (Å²) in [7, 11) is 0. The van der Waals surface area contributed by atoms with Crippen LogP contribution in [0.15, 0.2) is 18.2 Å². The number of benzene rings is 1. The summed E-state index contributed by atoms with van der Waals surface area (Å²) in [5, 5.41) is 16.1. The molecule has 0 atom stereocenters. The van der Waals surface area contributed by atoms with Gasteiger partial charge >= 0.3 is 0 Å². The molecule has 1 aliphatic heterocycles. The number of carbonyl (C=O) groups is 1. The Morgan fingerprint density at radius 3 is 2.85 bits per heavy atom. The lowest BCUT2D eigenvalue weighted by Crippen LogP contribution is -2.49. The van der Waals surface area contributed by atoms with Crippen molar-refractivity contribution in [1.29, 1.82) is 0 Å². The number of nitrogens with one attached hydrogen (secondary N) is 2. The molecule has 1 heterocycles. The first-order valence-electron chi connectivity index (χ1n) is 7.53. The molecule has 1 amide bonds. The third kappa shape index (κ3) is 2.40. The van der Waals surface area contributed by atoms with Gasteiger partial charge in [-0.05, 0) is 43.4 Å². The molecule has 4 nitrogen and oxygen atoms in total. The number of anilines is 1. The van der Waals surface area contributed by atoms with Crippen molar-refractivity contribution >= 4 is 11.6 Å². The monoisotopic (exact) mass is 274 g/mol. The predicted molar refractivity (Wildman–Crippen MR) is 79.0 cm³/mol. The van der Waals surface area contributed by atoms with Gasteiger partial charge in [0.1, 0.15) is 0 Å². The minimum absolute atomic E-state index is 0.0337. The fourth-order valence-electron chi connectivity index (χ4n) is 3.41. The largest absolute Gasteiger partial charge is 0.394 e. The fraction of sp³-hybridized carbons (Fsp3) is 0.562. The van der Waals surface area contributed by atoms with Crippen LogP contribution in [0.1, 0.15) is 48.0 Å². The van der Waals surface area contributed by atoms with E-state index in [4.69, 9.17) is 0 Å². The Kier molecular flexibility index (Phi) is 3.66. The molecule has 0 unspecified atom stereocenters. The molecule has 0 bridgehead atoms. The van der Waals surface area contributed by atoms with E-state index < -0.39 is 5.54 Å². The third-order valence-corrected chi connectivity index (χ3v) is 4.58. The van der Waals surface area contributed by atoms with Crippen molar-refractivity contribution in [3.05, 3.63) is 29.3 Å². The highest BCUT2D eigenvalue weighted by Crippen LogP contribution is 2.31. The van der Waals surface area contributed by atoms with Gasteiger partial charge in [0, 0.05) is 17.8 Å². The Morgan fingerprint density at radius 1 is 1.30 bits per heavy atom. The zero-order valence-corrected chi connectivity index (χ0v) is 11.7. The molecule has 3 rings (SSSR count). The minimum Gasteiger partial charge on any atom is -0.394 e. The van der Waals surface area contributed by atoms with Gasteiger partial charge in [-0.2, -0.15) is 0 Å². The number of aliphatic hydroxyl groups excluding tert-OH is 1. The van der Waals surface area contributed by atoms with Gasteiger partial charge in [0.2, 0.25) is 0 Å². The van der Waals surface area contributed by atoms with Crippen LogP contribution in [-0.2, 0) is 6.42 Å². The highest BCUT2D eigenvalue weighted by Gasteiger charge is 2.35. The number of amides is 1. The average molecular weight is 274 g/mol. The minimum atomic E-state index is -0.401. The van der Waals surface area contributed by atoms with Gasteiger partial charge < -0.3 is 15.7 Å². The molecule has 3 N–H and O–H groups in total. The summed E-state index contributed by atoms with van der Waals surface area (Å²) >= 11 is 0. The van der Waals surface area contributed by atoms with Crippen LogP contribution in [-0.4, -0.2) is 29.7 Å². The molecule has 4 heteroatoms. The van der Waals surface area contributed by atoms with Gasteiger partial charge in [0.25, 0.3) is 5.91 Å². The highest BCUT2D eigenvalue weighted by molar-refractivity contribution is 5.97. The van der Waals surface area contributed by atoms with Gasteiger partial charge in [0.15, 0.2) is 0 Å². The van der Waals surface area contributed by atoms with Gasteiger partial charge in [-0.25, -0.2) is 0 Å². The van der Waals surface area contributed by atoms with E-state index in [0.717, 1.165) is 61.9 Å². The van der Waals surface area contributed by atoms with Gasteiger partial charge in [-0.3, -0.25) is 4.79 Å². The van der Waals surface area contributed by atoms with Gasteiger partial charge in [0.05, 0.1) is 12.1 Å². The molecular formula is C16H22N2O2. The lowest BCUT2D eigenvalue weighted by Gasteiger charge is -2.29. The van der Waals surface area contributed by atoms with E-state index in [2.05, 4.69) is 10.6 Å². The Balaban J connectivity index is 1.84. The predicted octanol–water partition coefficient (Wildman–Crippen LogP) is 2.08. The molecule has 1 saturated carbocycles. The van der Waals surface area contributed by atoms with E-state index in [9.17, 15) is 9.90 Å². The molecule has 0 radical (unpaired) electrons. The van der Waals surface area contributed by atoms with Crippen molar-refractivity contribution in [3.63, 3.8) is 0 Å². The number of hydrogen-bond acceptors (Lipinski definition) is 3. The molecule has 1 aliphatic carbocycles. The van der Waals surface area contributed by atoms with E-state index in [1.807, 2.05) is 18.2 Å². The molecule has 1 aromatic carbocycles. The Hall–Kier alpha value is -1.55. The number of aliphatic hydroxyl groups is 1. The van der Waals surface area contributed by atoms with Crippen molar-refractivity contribution in [1.82, 2.24) is 5.32 Å². The standard InChI is InChI=1S/C16H22N2O2/c19-11-16(8-1-2-9-16)18-15(20)13-5-3-7-14-12(13)6-4-10-17-14/h3,5,7,17,19H,1-2,4,6,8-11H2,(H,18,20). The highest BCUT2D eigenvalue weighted by atomic mass is 16.3. The van der Waals surface area contributed by atoms with E-state index in [1.54, 1.807) is 0 Å². The number of carbonyl (C=O) groups excluding carboxylic acids is 1. The van der Waals surface area contributed by atoms with Crippen molar-refractivity contribution in [2.24, 2.45) is 0 Å². The average Bonchev–Trinajstić information content (AvgIpc) is 2.95. The summed E-state index contributed by atoms with van der Waals surface area (Å²) < 4.78 is 0. The van der Waals surface area contributed by atoms with E-state index in [-0.39, 0.29) is 12.5 Å². The van der Waals surface area contributed by atoms with E-state index >= 15 is 0 Å². The van der Waals surface area contributed by atoms with Crippen molar-refractivity contribution in [3.8, 4) is 0 Å². The van der Waals surface area contributed by atoms with Crippen molar-refractivity contribution in [2.75, 3.05) is 18.5 Å². The second-order valence-electron chi connectivity index (χ2n) is 5.96. The summed E-state index contributed by atoms with van der Waals surface area (Å²) in [4.78, 5) is 12.6. The maximum absolute atomic E-state index is 12.6. The summed E-state index contributed by atoms with van der Waals surface area (Å²) in [5.41, 5.74) is 2.55. The molecule has 0 spiro atoms. The van der Waals surface area contributed by atoms with Crippen LogP contribution >= 0.6 is 0 Å². The van der Waals surface area contributed by atoms with Crippen LogP contribution in [0.3, 0.4) is 0 Å². The molecule has 2 aliphatic rings. The molecule has 1 aromatic rings. The first-order chi connectivity index (χ1) is 9.74. The lowest BCUT2D eigenvalue weighted by molar-refractivity contribution is 0.0837. The lowest BCUT2D eigenvalue weighted by atomic mass is 9.94. The normalized spacial score (nSPS) is 20.1. The van der Waals surface area contributed by atoms with Crippen LogP contribution in [0.2, 0.25) is 0 Å². The Morgan fingerprint density at radius 2 is 2.10 bits per heavy atom. The van der Waals surface area contributed by atoms with Crippen LogP contribution in [0.5, 0.6) is 0 Å². The number of fused-ring (bicyclic) bond motifs is 1. The molecule has 1 fully saturated rings. The molecular weight excluding hydrogens is 252 g/mol. The van der Waals surface area contributed by atoms with Gasteiger partial charge in [-0.1, -0.05) is 18.9 Å². The first kappa shape index (κ1) is 13.4. The van der Waals surface area contributed by atoms with Gasteiger partial charge in [-0.15, -0.1) is 0 Å². The van der Waals surface area contributed by atoms with Crippen LogP contribution in [0.25, 0.3) is 0 Å². The maximum atomic E-state index is 12.6. The summed E-state index contributed by atoms with van der Waals surface area (Å²) in [5.74, 6) is -0.0403. The first-order valence-corrected chi connectivity index (χ1v) is 7.53. The second-order valence-corrected chi connectivity index (χ2v) is 5.96. The fourth-order valence-corrected chi connectivity index (χ4v) is 3.41. The van der Waals surface area contributed by atoms with Crippen LogP contribution < -0.4 is 10.6 Å². The Labute approximate surface area is 119 Å². The zero-order chi connectivity index (χ0) is 14.0. The Bertz CT molecular complexity index is 507. The second kappa shape index (κ2) is 5.44. The smallest absolute Gasteiger partial charge is 0.252 e. The maximum Gasteiger partial charge on any atom is 0.252 e. The SMILES string of the molecule is O=C(NC1(CO)CCCC1)c1cccc2c1CCCN2. The topological polar surface area (TPSA) is 61.4 Å². The quantitative estimate of drug-likeness (QED) is 0.791. The van der Waals surface area contributed by atoms with Crippen molar-refractivity contribution < 1.29 is 9.90 Å². The molecule has 108 valence electrons.